The summed E-state index contributed by atoms with van der Waals surface area (Å²) >= 11 is 3.28. The monoisotopic (exact) mass is 529 g/mol. The fourth-order valence-corrected chi connectivity index (χ4v) is 3.53. The summed E-state index contributed by atoms with van der Waals surface area (Å²) in [7, 11) is 0. The molecule has 33 heavy (non-hydrogen) atoms. The van der Waals surface area contributed by atoms with Gasteiger partial charge < -0.3 is 9.47 Å². The zero-order valence-electron chi connectivity index (χ0n) is 17.0. The van der Waals surface area contributed by atoms with Gasteiger partial charge in [0.25, 0.3) is 5.91 Å². The normalized spacial score (nSPS) is 14.5. The van der Waals surface area contributed by atoms with Gasteiger partial charge in [-0.05, 0) is 53.5 Å². The quantitative estimate of drug-likeness (QED) is 0.221. The van der Waals surface area contributed by atoms with Gasteiger partial charge in [-0.3, -0.25) is 4.79 Å². The van der Waals surface area contributed by atoms with Gasteiger partial charge in [0.05, 0.1) is 22.4 Å². The summed E-state index contributed by atoms with van der Waals surface area (Å²) in [6, 6.07) is 4.82. The van der Waals surface area contributed by atoms with E-state index in [9.17, 15) is 26.7 Å². The molecule has 6 nitrogen and oxygen atoms in total. The molecule has 2 aromatic rings. The van der Waals surface area contributed by atoms with E-state index in [2.05, 4.69) is 21.0 Å². The van der Waals surface area contributed by atoms with Gasteiger partial charge in [0, 0.05) is 0 Å². The summed E-state index contributed by atoms with van der Waals surface area (Å²) in [6.07, 6.45) is 1.30. The van der Waals surface area contributed by atoms with Crippen LogP contribution in [0.25, 0.3) is 6.08 Å². The molecular formula is C21H13BrF5N3O3. The smallest absolute Gasteiger partial charge is 0.280 e. The van der Waals surface area contributed by atoms with Crippen LogP contribution in [0.2, 0.25) is 0 Å². The average Bonchev–Trinajstić information content (AvgIpc) is 3.04. The van der Waals surface area contributed by atoms with Gasteiger partial charge >= 0.3 is 0 Å². The zero-order valence-corrected chi connectivity index (χ0v) is 18.6. The molecule has 0 atom stereocenters. The highest BCUT2D eigenvalue weighted by atomic mass is 79.9. The molecule has 3 rings (SSSR count). The summed E-state index contributed by atoms with van der Waals surface area (Å²) in [5, 5.41) is 12.5. The lowest BCUT2D eigenvalue weighted by atomic mass is 10.1. The number of carbonyl (C=O) groups is 1. The van der Waals surface area contributed by atoms with E-state index < -0.39 is 40.7 Å². The lowest BCUT2D eigenvalue weighted by Gasteiger charge is -2.15. The molecule has 1 aliphatic heterocycles. The Hall–Kier alpha value is -3.46. The fourth-order valence-electron chi connectivity index (χ4n) is 2.96. The predicted octanol–water partition coefficient (Wildman–Crippen LogP) is 5.25. The van der Waals surface area contributed by atoms with Crippen molar-refractivity contribution in [3.8, 4) is 17.6 Å². The van der Waals surface area contributed by atoms with Crippen molar-refractivity contribution in [2.75, 3.05) is 18.2 Å². The number of ether oxygens (including phenoxy) is 2. The van der Waals surface area contributed by atoms with Crippen molar-refractivity contribution >= 4 is 39.3 Å². The van der Waals surface area contributed by atoms with Gasteiger partial charge in [-0.15, -0.1) is 0 Å². The first-order valence-corrected chi connectivity index (χ1v) is 10.0. The van der Waals surface area contributed by atoms with Gasteiger partial charge in [-0.25, -0.2) is 22.0 Å². The summed E-state index contributed by atoms with van der Waals surface area (Å²) in [5.74, 6) is -11.7. The Kier molecular flexibility index (Phi) is 7.02. The number of nitrogens with zero attached hydrogens (tertiary/aromatic N) is 3. The Morgan fingerprint density at radius 3 is 2.27 bits per heavy atom. The maximum atomic E-state index is 14.2. The Balaban J connectivity index is 2.06. The van der Waals surface area contributed by atoms with Crippen molar-refractivity contribution < 1.29 is 36.2 Å². The molecule has 0 N–H and O–H groups in total. The van der Waals surface area contributed by atoms with Crippen LogP contribution < -0.4 is 14.5 Å². The lowest BCUT2D eigenvalue weighted by molar-refractivity contribution is -0.114. The largest absolute Gasteiger partial charge is 0.490 e. The third kappa shape index (κ3) is 4.41. The van der Waals surface area contributed by atoms with Crippen molar-refractivity contribution in [1.29, 1.82) is 5.26 Å². The highest BCUT2D eigenvalue weighted by Gasteiger charge is 2.37. The number of benzene rings is 2. The minimum absolute atomic E-state index is 0.0252. The zero-order chi connectivity index (χ0) is 24.4. The minimum Gasteiger partial charge on any atom is -0.490 e. The molecule has 0 aliphatic carbocycles. The van der Waals surface area contributed by atoms with Gasteiger partial charge in [0.15, 0.2) is 41.4 Å². The second-order valence-electron chi connectivity index (χ2n) is 6.49. The first-order chi connectivity index (χ1) is 15.6. The highest BCUT2D eigenvalue weighted by molar-refractivity contribution is 9.10. The van der Waals surface area contributed by atoms with Crippen molar-refractivity contribution in [2.45, 2.75) is 13.8 Å². The van der Waals surface area contributed by atoms with Crippen molar-refractivity contribution in [2.24, 2.45) is 5.10 Å². The van der Waals surface area contributed by atoms with Crippen LogP contribution in [0, 0.1) is 40.4 Å². The second kappa shape index (κ2) is 9.58. The van der Waals surface area contributed by atoms with Crippen LogP contribution in [0.3, 0.4) is 0 Å². The first-order valence-electron chi connectivity index (χ1n) is 9.21. The van der Waals surface area contributed by atoms with Crippen LogP contribution in [0.4, 0.5) is 27.6 Å². The number of rotatable bonds is 6. The Bertz CT molecular complexity index is 1230. The summed E-state index contributed by atoms with van der Waals surface area (Å²) in [4.78, 5) is 12.8. The van der Waals surface area contributed by atoms with Crippen LogP contribution >= 0.6 is 15.9 Å². The molecule has 172 valence electrons. The number of hydrogen-bond acceptors (Lipinski definition) is 5. The fraction of sp³-hybridized carbons (Fsp3) is 0.190. The average molecular weight is 530 g/mol. The molecule has 0 radical (unpaired) electrons. The molecule has 12 heteroatoms. The van der Waals surface area contributed by atoms with E-state index in [0.717, 1.165) is 0 Å². The number of hydrazone groups is 1. The van der Waals surface area contributed by atoms with E-state index >= 15 is 0 Å². The van der Waals surface area contributed by atoms with Crippen LogP contribution in [0.1, 0.15) is 19.4 Å². The molecule has 1 heterocycles. The number of amides is 1. The summed E-state index contributed by atoms with van der Waals surface area (Å²) < 4.78 is 80.1. The SMILES string of the molecule is CCOc1cc(/C=C2/C(=O)N(c3c(F)c(F)c(F)c(F)c3F)N=C2C)cc(Br)c1OCC#N. The number of hydrogen-bond donors (Lipinski definition) is 0. The molecular weight excluding hydrogens is 517 g/mol. The Labute approximate surface area is 192 Å². The van der Waals surface area contributed by atoms with E-state index in [4.69, 9.17) is 14.7 Å². The molecule has 0 fully saturated rings. The molecule has 0 bridgehead atoms. The second-order valence-corrected chi connectivity index (χ2v) is 7.34. The molecule has 2 aromatic carbocycles. The predicted molar refractivity (Wildman–Crippen MR) is 111 cm³/mol. The van der Waals surface area contributed by atoms with E-state index in [1.54, 1.807) is 6.92 Å². The molecule has 1 aliphatic rings. The standard InChI is InChI=1S/C21H13BrF5N3O3/c1-3-32-13-8-10(7-12(22)20(13)33-5-4-28)6-11-9(2)29-30(21(11)31)19-17(26)15(24)14(23)16(25)18(19)27/h6-8H,3,5H2,1-2H3/b11-6+. The van der Waals surface area contributed by atoms with E-state index in [1.807, 2.05) is 6.07 Å². The molecule has 0 aromatic heterocycles. The first kappa shape index (κ1) is 24.2. The Morgan fingerprint density at radius 1 is 1.09 bits per heavy atom. The number of nitriles is 1. The van der Waals surface area contributed by atoms with E-state index in [-0.39, 0.29) is 41.0 Å². The van der Waals surface area contributed by atoms with Gasteiger partial charge in [0.1, 0.15) is 11.8 Å². The maximum absolute atomic E-state index is 14.2. The van der Waals surface area contributed by atoms with Gasteiger partial charge in [0.2, 0.25) is 5.82 Å². The number of halogens is 6. The van der Waals surface area contributed by atoms with Crippen LogP contribution in [-0.4, -0.2) is 24.8 Å². The molecule has 0 saturated carbocycles. The molecule has 0 spiro atoms. The topological polar surface area (TPSA) is 74.9 Å². The molecule has 1 amide bonds. The summed E-state index contributed by atoms with van der Waals surface area (Å²) in [5.41, 5.74) is -1.29. The highest BCUT2D eigenvalue weighted by Crippen LogP contribution is 2.38. The minimum atomic E-state index is -2.34. The maximum Gasteiger partial charge on any atom is 0.280 e. The molecule has 0 unspecified atom stereocenters. The van der Waals surface area contributed by atoms with Crippen LogP contribution in [-0.2, 0) is 4.79 Å². The molecule has 0 saturated heterocycles. The summed E-state index contributed by atoms with van der Waals surface area (Å²) in [6.45, 7) is 3.05. The van der Waals surface area contributed by atoms with Crippen LogP contribution in [0.15, 0.2) is 27.3 Å². The number of anilines is 1. The number of carbonyl (C=O) groups excluding carboxylic acids is 1. The lowest BCUT2D eigenvalue weighted by Crippen LogP contribution is -2.25. The third-order valence-electron chi connectivity index (χ3n) is 4.38. The van der Waals surface area contributed by atoms with Crippen molar-refractivity contribution in [3.05, 3.63) is 56.8 Å². The Morgan fingerprint density at radius 2 is 1.70 bits per heavy atom. The van der Waals surface area contributed by atoms with Crippen molar-refractivity contribution in [1.82, 2.24) is 0 Å². The van der Waals surface area contributed by atoms with E-state index in [1.165, 1.54) is 25.1 Å². The van der Waals surface area contributed by atoms with Gasteiger partial charge in [-0.2, -0.15) is 15.4 Å². The van der Waals surface area contributed by atoms with E-state index in [0.29, 0.717) is 10.0 Å². The van der Waals surface area contributed by atoms with Crippen LogP contribution in [0.5, 0.6) is 11.5 Å². The van der Waals surface area contributed by atoms with Gasteiger partial charge in [-0.1, -0.05) is 0 Å². The third-order valence-corrected chi connectivity index (χ3v) is 4.97. The van der Waals surface area contributed by atoms with Crippen molar-refractivity contribution in [3.63, 3.8) is 0 Å².